The van der Waals surface area contributed by atoms with E-state index < -0.39 is 0 Å². The predicted molar refractivity (Wildman–Crippen MR) is 110 cm³/mol. The van der Waals surface area contributed by atoms with Crippen molar-refractivity contribution in [1.82, 2.24) is 10.6 Å². The van der Waals surface area contributed by atoms with Gasteiger partial charge in [-0.25, -0.2) is 4.79 Å². The molecule has 3 nitrogen and oxygen atoms in total. The van der Waals surface area contributed by atoms with E-state index in [1.54, 1.807) is 24.3 Å². The van der Waals surface area contributed by atoms with Crippen LogP contribution in [0.4, 0.5) is 4.79 Å². The minimum atomic E-state index is -0.350. The summed E-state index contributed by atoms with van der Waals surface area (Å²) in [5.74, 6) is 0. The Morgan fingerprint density at radius 1 is 1.04 bits per heavy atom. The molecule has 0 aromatic heterocycles. The molecule has 7 heteroatoms. The number of benzene rings is 2. The van der Waals surface area contributed by atoms with Crippen molar-refractivity contribution in [2.24, 2.45) is 0 Å². The van der Waals surface area contributed by atoms with Gasteiger partial charge < -0.3 is 10.6 Å². The van der Waals surface area contributed by atoms with Crippen LogP contribution in [0.2, 0.25) is 10.0 Å². The second-order valence-electron chi connectivity index (χ2n) is 5.37. The highest BCUT2D eigenvalue weighted by atomic mass is 35.5. The van der Waals surface area contributed by atoms with E-state index in [0.29, 0.717) is 19.9 Å². The number of thioether (sulfide) groups is 1. The third kappa shape index (κ3) is 4.01. The van der Waals surface area contributed by atoms with Crippen molar-refractivity contribution < 1.29 is 4.79 Å². The van der Waals surface area contributed by atoms with Crippen LogP contribution in [-0.4, -0.2) is 16.5 Å². The molecule has 0 radical (unpaired) electrons. The van der Waals surface area contributed by atoms with Crippen LogP contribution in [0, 0.1) is 0 Å². The van der Waals surface area contributed by atoms with Gasteiger partial charge in [0.2, 0.25) is 0 Å². The molecule has 128 valence electrons. The van der Waals surface area contributed by atoms with Crippen LogP contribution in [0.3, 0.4) is 0 Å². The minimum Gasteiger partial charge on any atom is -0.327 e. The van der Waals surface area contributed by atoms with Gasteiger partial charge in [0.05, 0.1) is 15.9 Å². The van der Waals surface area contributed by atoms with Crippen LogP contribution in [0.1, 0.15) is 17.2 Å². The summed E-state index contributed by atoms with van der Waals surface area (Å²) in [6.07, 6.45) is 1.92. The molecule has 2 amide bonds. The average Bonchev–Trinajstić information content (AvgIpc) is 2.61. The zero-order chi connectivity index (χ0) is 18.0. The van der Waals surface area contributed by atoms with Gasteiger partial charge >= 0.3 is 6.03 Å². The van der Waals surface area contributed by atoms with Gasteiger partial charge in [-0.3, -0.25) is 0 Å². The van der Waals surface area contributed by atoms with E-state index >= 15 is 0 Å². The Morgan fingerprint density at radius 3 is 2.16 bits per heavy atom. The van der Waals surface area contributed by atoms with Gasteiger partial charge in [-0.05, 0) is 41.6 Å². The van der Waals surface area contributed by atoms with E-state index in [-0.39, 0.29) is 12.1 Å². The summed E-state index contributed by atoms with van der Waals surface area (Å²) in [6, 6.07) is 14.1. The lowest BCUT2D eigenvalue weighted by Crippen LogP contribution is -2.44. The van der Waals surface area contributed by atoms with Crippen LogP contribution in [0.25, 0.3) is 5.70 Å². The minimum absolute atomic E-state index is 0.280. The number of hydrogen-bond donors (Lipinski definition) is 2. The molecule has 1 atom stereocenters. The Kier molecular flexibility index (Phi) is 5.69. The fourth-order valence-corrected chi connectivity index (χ4v) is 3.56. The van der Waals surface area contributed by atoms with Crippen molar-refractivity contribution in [1.29, 1.82) is 0 Å². The van der Waals surface area contributed by atoms with E-state index in [4.69, 9.17) is 35.4 Å². The summed E-state index contributed by atoms with van der Waals surface area (Å²) in [7, 11) is 0. The molecule has 0 spiro atoms. The standard InChI is InChI=1S/C18H14Cl2N2OS2/c1-25-17(24)14-15(10-2-6-12(19)7-3-10)21-18(23)22-16(14)11-4-8-13(20)9-5-11/h2-9,15H,1H3,(H2,21,22,23). The normalized spacial score (nSPS) is 17.1. The van der Waals surface area contributed by atoms with Crippen molar-refractivity contribution in [2.75, 3.05) is 6.26 Å². The monoisotopic (exact) mass is 408 g/mol. The lowest BCUT2D eigenvalue weighted by Gasteiger charge is -2.31. The molecule has 2 aromatic carbocycles. The molecule has 25 heavy (non-hydrogen) atoms. The maximum atomic E-state index is 12.3. The van der Waals surface area contributed by atoms with Crippen LogP contribution < -0.4 is 10.6 Å². The Balaban J connectivity index is 2.17. The Bertz CT molecular complexity index is 848. The number of carbonyl (C=O) groups excluding carboxylic acids is 1. The van der Waals surface area contributed by atoms with Gasteiger partial charge in [-0.2, -0.15) is 0 Å². The molecule has 1 aliphatic heterocycles. The first-order chi connectivity index (χ1) is 12.0. The number of thiocarbonyl (C=S) groups is 1. The van der Waals surface area contributed by atoms with Crippen molar-refractivity contribution in [3.05, 3.63) is 75.3 Å². The second-order valence-corrected chi connectivity index (χ2v) is 7.73. The largest absolute Gasteiger partial charge is 0.327 e. The molecule has 0 saturated carbocycles. The van der Waals surface area contributed by atoms with Crippen molar-refractivity contribution in [2.45, 2.75) is 6.04 Å². The van der Waals surface area contributed by atoms with Gasteiger partial charge in [-0.1, -0.05) is 59.7 Å². The SMILES string of the molecule is CSC(=S)C1=C(c2ccc(Cl)cc2)NC(=O)NC1c1ccc(Cl)cc1. The van der Waals surface area contributed by atoms with E-state index in [1.807, 2.05) is 30.5 Å². The summed E-state index contributed by atoms with van der Waals surface area (Å²) in [5.41, 5.74) is 3.31. The quantitative estimate of drug-likeness (QED) is 0.663. The summed E-state index contributed by atoms with van der Waals surface area (Å²) in [6.45, 7) is 0. The first kappa shape index (κ1) is 18.3. The smallest absolute Gasteiger partial charge is 0.320 e. The van der Waals surface area contributed by atoms with Gasteiger partial charge in [-0.15, -0.1) is 11.8 Å². The van der Waals surface area contributed by atoms with Crippen LogP contribution in [-0.2, 0) is 0 Å². The van der Waals surface area contributed by atoms with Crippen molar-refractivity contribution in [3.8, 4) is 0 Å². The Hall–Kier alpha value is -1.53. The molecule has 0 saturated heterocycles. The highest BCUT2D eigenvalue weighted by Gasteiger charge is 2.31. The molecule has 1 aliphatic rings. The van der Waals surface area contributed by atoms with Crippen molar-refractivity contribution >= 4 is 63.1 Å². The van der Waals surface area contributed by atoms with E-state index in [9.17, 15) is 4.79 Å². The first-order valence-electron chi connectivity index (χ1n) is 7.41. The van der Waals surface area contributed by atoms with E-state index in [0.717, 1.165) is 16.7 Å². The summed E-state index contributed by atoms with van der Waals surface area (Å²) in [4.78, 5) is 12.3. The highest BCUT2D eigenvalue weighted by Crippen LogP contribution is 2.35. The molecule has 0 aliphatic carbocycles. The van der Waals surface area contributed by atoms with E-state index in [1.165, 1.54) is 11.8 Å². The van der Waals surface area contributed by atoms with Gasteiger partial charge in [0.25, 0.3) is 0 Å². The molecule has 1 unspecified atom stereocenters. The number of nitrogens with one attached hydrogen (secondary N) is 2. The zero-order valence-electron chi connectivity index (χ0n) is 13.2. The zero-order valence-corrected chi connectivity index (χ0v) is 16.3. The van der Waals surface area contributed by atoms with Gasteiger partial charge in [0.15, 0.2) is 0 Å². The Morgan fingerprint density at radius 2 is 1.60 bits per heavy atom. The van der Waals surface area contributed by atoms with E-state index in [2.05, 4.69) is 10.6 Å². The maximum Gasteiger partial charge on any atom is 0.320 e. The number of urea groups is 1. The summed E-state index contributed by atoms with van der Waals surface area (Å²) >= 11 is 19.0. The number of halogens is 2. The number of hydrogen-bond acceptors (Lipinski definition) is 3. The lowest BCUT2D eigenvalue weighted by molar-refractivity contribution is 0.241. The molecule has 2 aromatic rings. The predicted octanol–water partition coefficient (Wildman–Crippen LogP) is 5.45. The van der Waals surface area contributed by atoms with Crippen LogP contribution >= 0.6 is 47.2 Å². The van der Waals surface area contributed by atoms with Gasteiger partial charge in [0.1, 0.15) is 0 Å². The van der Waals surface area contributed by atoms with Gasteiger partial charge in [0, 0.05) is 15.6 Å². The number of amides is 2. The van der Waals surface area contributed by atoms with Crippen LogP contribution in [0.15, 0.2) is 54.1 Å². The second kappa shape index (κ2) is 7.79. The van der Waals surface area contributed by atoms with Crippen molar-refractivity contribution in [3.63, 3.8) is 0 Å². The third-order valence-corrected chi connectivity index (χ3v) is 5.63. The fraction of sp³-hybridized carbons (Fsp3) is 0.111. The molecule has 0 bridgehead atoms. The highest BCUT2D eigenvalue weighted by molar-refractivity contribution is 8.23. The third-order valence-electron chi connectivity index (χ3n) is 3.81. The topological polar surface area (TPSA) is 41.1 Å². The van der Waals surface area contributed by atoms with Crippen LogP contribution in [0.5, 0.6) is 0 Å². The number of carbonyl (C=O) groups is 1. The fourth-order valence-electron chi connectivity index (χ4n) is 2.64. The average molecular weight is 409 g/mol. The molecule has 1 heterocycles. The molecule has 3 rings (SSSR count). The lowest BCUT2D eigenvalue weighted by atomic mass is 9.94. The first-order valence-corrected chi connectivity index (χ1v) is 9.80. The summed E-state index contributed by atoms with van der Waals surface area (Å²) < 4.78 is 0.706. The molecular weight excluding hydrogens is 395 g/mol. The molecular formula is C18H14Cl2N2OS2. The maximum absolute atomic E-state index is 12.3. The number of rotatable bonds is 3. The molecule has 0 fully saturated rings. The Labute approximate surface area is 165 Å². The summed E-state index contributed by atoms with van der Waals surface area (Å²) in [5, 5.41) is 7.11. The molecule has 2 N–H and O–H groups in total.